The summed E-state index contributed by atoms with van der Waals surface area (Å²) in [6, 6.07) is 0. The van der Waals surface area contributed by atoms with Crippen LogP contribution in [-0.2, 0) is 33.9 Å². The standard InChI is InChI=1S/C18H31F2NO8S/c1-15(2)27-12-8-21(9-13-28-16(3)4)7-11-26-10-5-6-17(22)29-14-18(19,20)30(23,24)25/h1,3,5-14H2,2,4H3,(H,23,24,25)/p-1. The molecule has 0 bridgehead atoms. The summed E-state index contributed by atoms with van der Waals surface area (Å²) in [5.74, 6) is 0.182. The molecule has 12 heteroatoms. The molecule has 30 heavy (non-hydrogen) atoms. The average Bonchev–Trinajstić information content (AvgIpc) is 2.60. The Balaban J connectivity index is 4.06. The van der Waals surface area contributed by atoms with Crippen LogP contribution in [0.3, 0.4) is 0 Å². The van der Waals surface area contributed by atoms with Crippen LogP contribution in [0.1, 0.15) is 26.7 Å². The number of alkyl halides is 2. The van der Waals surface area contributed by atoms with Crippen LogP contribution < -0.4 is 0 Å². The lowest BCUT2D eigenvalue weighted by Gasteiger charge is -2.22. The minimum atomic E-state index is -5.88. The lowest BCUT2D eigenvalue weighted by molar-refractivity contribution is -0.150. The highest BCUT2D eigenvalue weighted by Gasteiger charge is 2.39. The van der Waals surface area contributed by atoms with E-state index in [2.05, 4.69) is 17.9 Å². The molecule has 0 spiro atoms. The molecule has 0 amide bonds. The number of hydrogen-bond donors (Lipinski definition) is 0. The summed E-state index contributed by atoms with van der Waals surface area (Å²) in [5.41, 5.74) is 0. The van der Waals surface area contributed by atoms with Gasteiger partial charge >= 0.3 is 11.2 Å². The van der Waals surface area contributed by atoms with Gasteiger partial charge < -0.3 is 23.5 Å². The number of carbonyl (C=O) groups excluding carboxylic acids is 1. The molecule has 0 N–H and O–H groups in total. The van der Waals surface area contributed by atoms with Crippen molar-refractivity contribution in [2.75, 3.05) is 52.7 Å². The smallest absolute Gasteiger partial charge is 0.367 e. The molecule has 0 unspecified atom stereocenters. The fraction of sp³-hybridized carbons (Fsp3) is 0.722. The van der Waals surface area contributed by atoms with Gasteiger partial charge in [-0.2, -0.15) is 8.78 Å². The molecular weight excluding hydrogens is 428 g/mol. The van der Waals surface area contributed by atoms with E-state index < -0.39 is 27.9 Å². The number of esters is 1. The SMILES string of the molecule is C=C(C)OCCN(CCOCCCC(=O)OCC(F)(F)S(=O)(=O)[O-])CCOC(=C)C. The van der Waals surface area contributed by atoms with Gasteiger partial charge in [-0.05, 0) is 20.3 Å². The fourth-order valence-corrected chi connectivity index (χ4v) is 2.16. The number of nitrogens with zero attached hydrogens (tertiary/aromatic N) is 1. The maximum Gasteiger partial charge on any atom is 0.367 e. The summed E-state index contributed by atoms with van der Waals surface area (Å²) in [4.78, 5) is 13.4. The second kappa shape index (κ2) is 14.3. The van der Waals surface area contributed by atoms with Gasteiger partial charge in [0, 0.05) is 32.7 Å². The summed E-state index contributed by atoms with van der Waals surface area (Å²) in [5, 5.41) is -4.65. The van der Waals surface area contributed by atoms with E-state index >= 15 is 0 Å². The van der Waals surface area contributed by atoms with Crippen molar-refractivity contribution in [3.63, 3.8) is 0 Å². The Kier molecular flexibility index (Phi) is 13.4. The van der Waals surface area contributed by atoms with Gasteiger partial charge in [0.25, 0.3) is 0 Å². The van der Waals surface area contributed by atoms with E-state index in [1.54, 1.807) is 13.8 Å². The molecule has 0 heterocycles. The summed E-state index contributed by atoms with van der Waals surface area (Å²) >= 11 is 0. The van der Waals surface area contributed by atoms with Crippen LogP contribution in [-0.4, -0.2) is 81.8 Å². The minimum absolute atomic E-state index is 0.170. The van der Waals surface area contributed by atoms with Gasteiger partial charge in [0.15, 0.2) is 16.7 Å². The second-order valence-corrected chi connectivity index (χ2v) is 7.92. The molecule has 0 aromatic carbocycles. The largest absolute Gasteiger partial charge is 0.743 e. The van der Waals surface area contributed by atoms with Crippen molar-refractivity contribution in [3.05, 3.63) is 24.7 Å². The number of allylic oxidation sites excluding steroid dienone is 2. The summed E-state index contributed by atoms with van der Waals surface area (Å²) in [6.45, 7) is 12.3. The highest BCUT2D eigenvalue weighted by molar-refractivity contribution is 7.86. The predicted molar refractivity (Wildman–Crippen MR) is 104 cm³/mol. The fourth-order valence-electron chi connectivity index (χ4n) is 1.96. The maximum absolute atomic E-state index is 12.9. The zero-order chi connectivity index (χ0) is 23.2. The first-order valence-electron chi connectivity index (χ1n) is 9.20. The highest BCUT2D eigenvalue weighted by Crippen LogP contribution is 2.20. The van der Waals surface area contributed by atoms with Gasteiger partial charge in [0.1, 0.15) is 13.2 Å². The summed E-state index contributed by atoms with van der Waals surface area (Å²) in [6.07, 6.45) is -0.0658. The number of hydrogen-bond acceptors (Lipinski definition) is 9. The third kappa shape index (κ3) is 14.3. The third-order valence-corrected chi connectivity index (χ3v) is 4.35. The van der Waals surface area contributed by atoms with E-state index in [4.69, 9.17) is 14.2 Å². The summed E-state index contributed by atoms with van der Waals surface area (Å²) in [7, 11) is -5.88. The van der Waals surface area contributed by atoms with Crippen molar-refractivity contribution in [2.24, 2.45) is 0 Å². The molecular formula is C18H30F2NO8S-. The van der Waals surface area contributed by atoms with E-state index in [-0.39, 0.29) is 19.4 Å². The Hall–Kier alpha value is -1.76. The van der Waals surface area contributed by atoms with Crippen molar-refractivity contribution in [2.45, 2.75) is 31.9 Å². The quantitative estimate of drug-likeness (QED) is 0.131. The highest BCUT2D eigenvalue weighted by atomic mass is 32.2. The van der Waals surface area contributed by atoms with Gasteiger partial charge in [-0.1, -0.05) is 13.2 Å². The van der Waals surface area contributed by atoms with Crippen molar-refractivity contribution < 1.29 is 45.5 Å². The van der Waals surface area contributed by atoms with Gasteiger partial charge in [-0.15, -0.1) is 0 Å². The first-order valence-corrected chi connectivity index (χ1v) is 10.6. The summed E-state index contributed by atoms with van der Waals surface area (Å²) < 4.78 is 76.9. The van der Waals surface area contributed by atoms with Crippen LogP contribution in [0.5, 0.6) is 0 Å². The molecule has 0 rings (SSSR count). The molecule has 0 aromatic rings. The Labute approximate surface area is 176 Å². The van der Waals surface area contributed by atoms with Crippen LogP contribution >= 0.6 is 0 Å². The molecule has 0 saturated heterocycles. The Morgan fingerprint density at radius 2 is 1.47 bits per heavy atom. The Morgan fingerprint density at radius 1 is 0.967 bits per heavy atom. The van der Waals surface area contributed by atoms with Crippen LogP contribution in [0.4, 0.5) is 8.78 Å². The number of rotatable bonds is 18. The molecule has 9 nitrogen and oxygen atoms in total. The van der Waals surface area contributed by atoms with Crippen LogP contribution in [0.15, 0.2) is 24.7 Å². The molecule has 0 aromatic heterocycles. The van der Waals surface area contributed by atoms with E-state index in [0.717, 1.165) is 0 Å². The average molecular weight is 459 g/mol. The van der Waals surface area contributed by atoms with Crippen molar-refractivity contribution >= 4 is 16.1 Å². The lowest BCUT2D eigenvalue weighted by Crippen LogP contribution is -2.34. The molecule has 176 valence electrons. The maximum atomic E-state index is 12.9. The second-order valence-electron chi connectivity index (χ2n) is 6.41. The zero-order valence-corrected chi connectivity index (χ0v) is 18.2. The van der Waals surface area contributed by atoms with E-state index in [1.807, 2.05) is 4.90 Å². The van der Waals surface area contributed by atoms with Crippen LogP contribution in [0.25, 0.3) is 0 Å². The molecule has 0 aliphatic carbocycles. The van der Waals surface area contributed by atoms with Crippen LogP contribution in [0, 0.1) is 0 Å². The minimum Gasteiger partial charge on any atom is -0.743 e. The molecule has 0 radical (unpaired) electrons. The number of halogens is 2. The number of carbonyl (C=O) groups is 1. The van der Waals surface area contributed by atoms with E-state index in [9.17, 15) is 26.5 Å². The predicted octanol–water partition coefficient (Wildman–Crippen LogP) is 1.87. The van der Waals surface area contributed by atoms with Gasteiger partial charge in [-0.25, -0.2) is 8.42 Å². The van der Waals surface area contributed by atoms with Gasteiger partial charge in [0.05, 0.1) is 18.1 Å². The number of ether oxygens (including phenoxy) is 4. The van der Waals surface area contributed by atoms with Gasteiger partial charge in [0.2, 0.25) is 0 Å². The van der Waals surface area contributed by atoms with Crippen molar-refractivity contribution in [1.82, 2.24) is 4.90 Å². The zero-order valence-electron chi connectivity index (χ0n) is 17.4. The first kappa shape index (κ1) is 28.2. The topological polar surface area (TPSA) is 114 Å². The lowest BCUT2D eigenvalue weighted by atomic mass is 10.3. The van der Waals surface area contributed by atoms with Gasteiger partial charge in [-0.3, -0.25) is 9.69 Å². The van der Waals surface area contributed by atoms with Crippen LogP contribution in [0.2, 0.25) is 0 Å². The van der Waals surface area contributed by atoms with E-state index in [0.29, 0.717) is 51.0 Å². The van der Waals surface area contributed by atoms with Crippen molar-refractivity contribution in [1.29, 1.82) is 0 Å². The monoisotopic (exact) mass is 458 g/mol. The first-order chi connectivity index (χ1) is 13.8. The van der Waals surface area contributed by atoms with E-state index in [1.165, 1.54) is 0 Å². The van der Waals surface area contributed by atoms with Crippen molar-refractivity contribution in [3.8, 4) is 0 Å². The third-order valence-electron chi connectivity index (χ3n) is 3.50. The Bertz CT molecular complexity index is 635. The normalized spacial score (nSPS) is 11.9. The molecule has 0 fully saturated rings. The molecule has 0 aliphatic rings. The Morgan fingerprint density at radius 3 is 1.93 bits per heavy atom. The molecule has 0 aliphatic heterocycles. The molecule has 0 saturated carbocycles. The molecule has 0 atom stereocenters.